The van der Waals surface area contributed by atoms with E-state index < -0.39 is 30.8 Å². The monoisotopic (exact) mass is 441 g/mol. The lowest BCUT2D eigenvalue weighted by atomic mass is 10.1. The number of Topliss-reactive ketones (excluding diaryl/α,β-unsaturated/α-hetero) is 1. The number of halogens is 4. The number of anilines is 1. The summed E-state index contributed by atoms with van der Waals surface area (Å²) in [5, 5.41) is 3.99. The van der Waals surface area contributed by atoms with E-state index in [4.69, 9.17) is 16.3 Å². The second-order valence-electron chi connectivity index (χ2n) is 6.54. The van der Waals surface area contributed by atoms with Gasteiger partial charge in [0, 0.05) is 29.8 Å². The van der Waals surface area contributed by atoms with Crippen LogP contribution < -0.4 is 10.1 Å². The number of rotatable bonds is 8. The van der Waals surface area contributed by atoms with E-state index in [1.807, 2.05) is 0 Å². The first kappa shape index (κ1) is 21.8. The smallest absolute Gasteiger partial charge is 0.389 e. The molecule has 0 aliphatic rings. The van der Waals surface area contributed by atoms with Gasteiger partial charge >= 0.3 is 6.18 Å². The number of ether oxygens (including phenoxy) is 1. The summed E-state index contributed by atoms with van der Waals surface area (Å²) in [5.74, 6) is 0.219. The maximum atomic E-state index is 12.4. The third-order valence-electron chi connectivity index (χ3n) is 4.28. The molecule has 1 atom stereocenters. The number of hydrogen-bond acceptors (Lipinski definition) is 6. The van der Waals surface area contributed by atoms with E-state index >= 15 is 0 Å². The highest BCUT2D eigenvalue weighted by Gasteiger charge is 2.29. The molecule has 7 nitrogen and oxygen atoms in total. The van der Waals surface area contributed by atoms with Gasteiger partial charge in [-0.2, -0.15) is 13.2 Å². The third kappa shape index (κ3) is 5.18. The third-order valence-corrected chi connectivity index (χ3v) is 4.49. The van der Waals surface area contributed by atoms with Crippen LogP contribution in [0.2, 0.25) is 5.02 Å². The number of fused-ring (bicyclic) bond motifs is 1. The van der Waals surface area contributed by atoms with Gasteiger partial charge in [-0.15, -0.1) is 0 Å². The number of ketones is 1. The van der Waals surface area contributed by atoms with E-state index in [0.29, 0.717) is 34.1 Å². The van der Waals surface area contributed by atoms with Gasteiger partial charge in [0.2, 0.25) is 0 Å². The van der Waals surface area contributed by atoms with Crippen molar-refractivity contribution < 1.29 is 22.7 Å². The molecule has 0 unspecified atom stereocenters. The minimum absolute atomic E-state index is 0.207. The van der Waals surface area contributed by atoms with Crippen LogP contribution in [0.1, 0.15) is 26.7 Å². The van der Waals surface area contributed by atoms with Crippen LogP contribution in [-0.2, 0) is 4.79 Å². The van der Waals surface area contributed by atoms with Crippen LogP contribution in [0.3, 0.4) is 0 Å². The molecular formula is C19H19ClF3N5O2. The van der Waals surface area contributed by atoms with E-state index in [1.54, 1.807) is 19.2 Å². The normalized spacial score (nSPS) is 12.7. The Hall–Kier alpha value is -2.88. The van der Waals surface area contributed by atoms with Gasteiger partial charge in [-0.1, -0.05) is 11.6 Å². The van der Waals surface area contributed by atoms with E-state index in [2.05, 4.69) is 25.3 Å². The highest BCUT2D eigenvalue weighted by Crippen LogP contribution is 2.31. The zero-order chi connectivity index (χ0) is 21.9. The highest BCUT2D eigenvalue weighted by molar-refractivity contribution is 6.31. The lowest BCUT2D eigenvalue weighted by molar-refractivity contribution is -0.143. The molecule has 0 fully saturated rings. The minimum atomic E-state index is -4.39. The van der Waals surface area contributed by atoms with Crippen molar-refractivity contribution in [3.63, 3.8) is 0 Å². The van der Waals surface area contributed by atoms with Gasteiger partial charge in [0.1, 0.15) is 5.65 Å². The molecule has 3 aromatic rings. The van der Waals surface area contributed by atoms with Crippen LogP contribution in [-0.4, -0.2) is 44.5 Å². The molecule has 0 saturated carbocycles. The molecular weight excluding hydrogens is 423 g/mol. The number of nitrogens with one attached hydrogen (secondary N) is 2. The van der Waals surface area contributed by atoms with Crippen molar-refractivity contribution in [3.8, 4) is 17.1 Å². The highest BCUT2D eigenvalue weighted by atomic mass is 35.5. The summed E-state index contributed by atoms with van der Waals surface area (Å²) in [6.45, 7) is 3.56. The first-order chi connectivity index (χ1) is 14.2. The second kappa shape index (κ2) is 8.86. The van der Waals surface area contributed by atoms with E-state index in [1.165, 1.54) is 19.3 Å². The summed E-state index contributed by atoms with van der Waals surface area (Å²) in [7, 11) is 0. The first-order valence-corrected chi connectivity index (χ1v) is 9.54. The van der Waals surface area contributed by atoms with Gasteiger partial charge in [0.05, 0.1) is 30.3 Å². The first-order valence-electron chi connectivity index (χ1n) is 9.16. The summed E-state index contributed by atoms with van der Waals surface area (Å²) in [5.41, 5.74) is 1.22. The van der Waals surface area contributed by atoms with Crippen molar-refractivity contribution >= 4 is 34.2 Å². The number of hydrogen-bond donors (Lipinski definition) is 2. The average Bonchev–Trinajstić information content (AvgIpc) is 3.10. The second-order valence-corrected chi connectivity index (χ2v) is 6.98. The fourth-order valence-corrected chi connectivity index (χ4v) is 2.95. The number of aromatic nitrogens is 4. The Morgan fingerprint density at radius 3 is 2.80 bits per heavy atom. The predicted molar refractivity (Wildman–Crippen MR) is 107 cm³/mol. The van der Waals surface area contributed by atoms with Crippen LogP contribution in [0.15, 0.2) is 24.7 Å². The van der Waals surface area contributed by atoms with Crippen LogP contribution in [0, 0.1) is 0 Å². The Morgan fingerprint density at radius 1 is 1.33 bits per heavy atom. The summed E-state index contributed by atoms with van der Waals surface area (Å²) in [6, 6.07) is 0.819. The topological polar surface area (TPSA) is 92.8 Å². The van der Waals surface area contributed by atoms with Crippen molar-refractivity contribution in [1.82, 2.24) is 19.9 Å². The molecule has 0 bridgehead atoms. The summed E-state index contributed by atoms with van der Waals surface area (Å²) >= 11 is 6.03. The zero-order valence-corrected chi connectivity index (χ0v) is 16.9. The van der Waals surface area contributed by atoms with Crippen molar-refractivity contribution in [2.75, 3.05) is 11.9 Å². The number of carbonyl (C=O) groups excluding carboxylic acids is 1. The van der Waals surface area contributed by atoms with E-state index in [9.17, 15) is 18.0 Å². The van der Waals surface area contributed by atoms with Crippen molar-refractivity contribution in [2.45, 2.75) is 38.9 Å². The molecule has 3 heterocycles. The number of nitrogens with zero attached hydrogens (tertiary/aromatic N) is 3. The molecule has 3 rings (SSSR count). The molecule has 2 N–H and O–H groups in total. The Kier molecular flexibility index (Phi) is 6.45. The van der Waals surface area contributed by atoms with Crippen molar-refractivity contribution in [1.29, 1.82) is 0 Å². The lowest BCUT2D eigenvalue weighted by Gasteiger charge is -2.17. The molecule has 0 saturated heterocycles. The maximum Gasteiger partial charge on any atom is 0.389 e. The standard InChI is InChI=1S/C19H19ClF3N5O2/c1-3-30-15-9-26-17(13-8-25-16-12(13)6-11(20)7-24-16)28-18(15)27-10(2)14(29)4-5-19(21,22)23/h6-10H,3-5H2,1-2H3,(H,24,25)(H,26,27,28)/t10-/m0/s1. The Bertz CT molecular complexity index is 1050. The summed E-state index contributed by atoms with van der Waals surface area (Å²) in [6.07, 6.45) is -1.56. The molecule has 11 heteroatoms. The van der Waals surface area contributed by atoms with E-state index in [0.717, 1.165) is 0 Å². The fraction of sp³-hybridized carbons (Fsp3) is 0.368. The quantitative estimate of drug-likeness (QED) is 0.522. The number of aromatic amines is 1. The van der Waals surface area contributed by atoms with Crippen molar-refractivity contribution in [2.24, 2.45) is 0 Å². The molecule has 0 spiro atoms. The Labute approximate surface area is 175 Å². The van der Waals surface area contributed by atoms with Gasteiger partial charge in [0.25, 0.3) is 0 Å². The molecule has 160 valence electrons. The molecule has 0 aromatic carbocycles. The summed E-state index contributed by atoms with van der Waals surface area (Å²) in [4.78, 5) is 28.0. The van der Waals surface area contributed by atoms with Gasteiger partial charge in [-0.05, 0) is 19.9 Å². The molecule has 30 heavy (non-hydrogen) atoms. The van der Waals surface area contributed by atoms with Crippen LogP contribution in [0.4, 0.5) is 19.0 Å². The largest absolute Gasteiger partial charge is 0.488 e. The Balaban J connectivity index is 1.89. The van der Waals surface area contributed by atoms with Gasteiger partial charge in [-0.25, -0.2) is 15.0 Å². The molecule has 0 aliphatic carbocycles. The zero-order valence-electron chi connectivity index (χ0n) is 16.2. The molecule has 0 amide bonds. The van der Waals surface area contributed by atoms with E-state index in [-0.39, 0.29) is 11.6 Å². The van der Waals surface area contributed by atoms with Crippen LogP contribution >= 0.6 is 11.6 Å². The van der Waals surface area contributed by atoms with Gasteiger partial charge in [-0.3, -0.25) is 4.79 Å². The van der Waals surface area contributed by atoms with Gasteiger partial charge in [0.15, 0.2) is 23.2 Å². The van der Waals surface area contributed by atoms with Crippen molar-refractivity contribution in [3.05, 3.63) is 29.7 Å². The lowest BCUT2D eigenvalue weighted by Crippen LogP contribution is -2.28. The SMILES string of the molecule is CCOc1cnc(-c2c[nH]c3ncc(Cl)cc23)nc1N[C@@H](C)C(=O)CCC(F)(F)F. The molecule has 0 aliphatic heterocycles. The number of pyridine rings is 1. The Morgan fingerprint density at radius 2 is 2.10 bits per heavy atom. The number of alkyl halides is 3. The van der Waals surface area contributed by atoms with Gasteiger partial charge < -0.3 is 15.0 Å². The minimum Gasteiger partial charge on any atom is -0.488 e. The fourth-order valence-electron chi connectivity index (χ4n) is 2.79. The maximum absolute atomic E-state index is 12.4. The average molecular weight is 442 g/mol. The number of carbonyl (C=O) groups is 1. The summed E-state index contributed by atoms with van der Waals surface area (Å²) < 4.78 is 42.7. The predicted octanol–water partition coefficient (Wildman–Crippen LogP) is 4.78. The molecule has 3 aromatic heterocycles. The number of H-pyrrole nitrogens is 1. The molecule has 0 radical (unpaired) electrons. The van der Waals surface area contributed by atoms with Crippen LogP contribution in [0.25, 0.3) is 22.4 Å². The van der Waals surface area contributed by atoms with Crippen LogP contribution in [0.5, 0.6) is 5.75 Å².